The maximum absolute atomic E-state index is 9.49. The summed E-state index contributed by atoms with van der Waals surface area (Å²) in [5.41, 5.74) is 2.76. The Hall–Kier alpha value is -1.20. The lowest BCUT2D eigenvalue weighted by molar-refractivity contribution is 0.0503. The van der Waals surface area contributed by atoms with Gasteiger partial charge in [-0.1, -0.05) is 24.3 Å². The van der Waals surface area contributed by atoms with E-state index >= 15 is 0 Å². The summed E-state index contributed by atoms with van der Waals surface area (Å²) in [4.78, 5) is 7.92. The maximum atomic E-state index is 9.49. The van der Waals surface area contributed by atoms with E-state index in [1.54, 1.807) is 0 Å². The molecule has 1 fully saturated rings. The van der Waals surface area contributed by atoms with Gasteiger partial charge in [0.15, 0.2) is 0 Å². The maximum Gasteiger partial charge on any atom is 0.0446 e. The van der Waals surface area contributed by atoms with Crippen LogP contribution < -0.4 is 0 Å². The van der Waals surface area contributed by atoms with E-state index in [1.165, 1.54) is 20.9 Å². The fourth-order valence-corrected chi connectivity index (χ4v) is 4.46. The van der Waals surface area contributed by atoms with E-state index in [1.807, 2.05) is 11.3 Å². The zero-order valence-corrected chi connectivity index (χ0v) is 15.6. The third-order valence-electron chi connectivity index (χ3n) is 4.96. The SMILES string of the molecule is Cc1ccc(CN2CCN(Cc3ccccc3C)[C@H](CCO)C2)s1. The zero-order valence-electron chi connectivity index (χ0n) is 14.7. The van der Waals surface area contributed by atoms with Crippen molar-refractivity contribution in [2.45, 2.75) is 39.4 Å². The van der Waals surface area contributed by atoms with Crippen molar-refractivity contribution in [3.63, 3.8) is 0 Å². The van der Waals surface area contributed by atoms with Crippen molar-refractivity contribution >= 4 is 11.3 Å². The minimum absolute atomic E-state index is 0.265. The number of nitrogens with zero attached hydrogens (tertiary/aromatic N) is 2. The number of thiophene rings is 1. The standard InChI is InChI=1S/C20H28N2OS/c1-16-5-3-4-6-18(16)13-22-11-10-21(14-19(22)9-12-23)15-20-8-7-17(2)24-20/h3-8,19,23H,9-15H2,1-2H3/t19-/m1/s1. The molecule has 1 aromatic carbocycles. The van der Waals surface area contributed by atoms with Crippen LogP contribution in [-0.4, -0.2) is 47.2 Å². The molecule has 0 amide bonds. The van der Waals surface area contributed by atoms with Crippen molar-refractivity contribution in [2.75, 3.05) is 26.2 Å². The minimum Gasteiger partial charge on any atom is -0.396 e. The number of rotatable bonds is 6. The highest BCUT2D eigenvalue weighted by Crippen LogP contribution is 2.22. The Morgan fingerprint density at radius 3 is 2.62 bits per heavy atom. The fourth-order valence-electron chi connectivity index (χ4n) is 3.53. The fraction of sp³-hybridized carbons (Fsp3) is 0.500. The number of hydrogen-bond donors (Lipinski definition) is 1. The Bertz CT molecular complexity index is 655. The largest absolute Gasteiger partial charge is 0.396 e. The van der Waals surface area contributed by atoms with Crippen LogP contribution >= 0.6 is 11.3 Å². The number of benzene rings is 1. The third kappa shape index (κ3) is 4.45. The van der Waals surface area contributed by atoms with Crippen molar-refractivity contribution in [2.24, 2.45) is 0 Å². The second kappa shape index (κ2) is 8.26. The van der Waals surface area contributed by atoms with Gasteiger partial charge in [0, 0.05) is 55.1 Å². The Morgan fingerprint density at radius 2 is 1.92 bits per heavy atom. The second-order valence-electron chi connectivity index (χ2n) is 6.81. The van der Waals surface area contributed by atoms with Crippen LogP contribution in [-0.2, 0) is 13.1 Å². The lowest BCUT2D eigenvalue weighted by Gasteiger charge is -2.41. The molecule has 0 spiro atoms. The quantitative estimate of drug-likeness (QED) is 0.870. The van der Waals surface area contributed by atoms with E-state index in [-0.39, 0.29) is 6.61 Å². The van der Waals surface area contributed by atoms with Crippen LogP contribution in [0.25, 0.3) is 0 Å². The van der Waals surface area contributed by atoms with Gasteiger partial charge in [0.05, 0.1) is 0 Å². The Balaban J connectivity index is 1.63. The van der Waals surface area contributed by atoms with Crippen molar-refractivity contribution in [3.05, 3.63) is 57.3 Å². The van der Waals surface area contributed by atoms with Gasteiger partial charge in [-0.3, -0.25) is 9.80 Å². The van der Waals surface area contributed by atoms with Crippen molar-refractivity contribution < 1.29 is 5.11 Å². The van der Waals surface area contributed by atoms with Gasteiger partial charge in [-0.2, -0.15) is 0 Å². The van der Waals surface area contributed by atoms with Crippen molar-refractivity contribution in [1.82, 2.24) is 9.80 Å². The van der Waals surface area contributed by atoms with Crippen LogP contribution in [0.1, 0.15) is 27.3 Å². The molecular formula is C20H28N2OS. The normalized spacial score (nSPS) is 19.7. The van der Waals surface area contributed by atoms with Crippen LogP contribution in [0, 0.1) is 13.8 Å². The highest BCUT2D eigenvalue weighted by atomic mass is 32.1. The molecule has 4 heteroatoms. The average Bonchev–Trinajstić information content (AvgIpc) is 2.97. The first kappa shape index (κ1) is 17.6. The number of piperazine rings is 1. The summed E-state index contributed by atoms with van der Waals surface area (Å²) in [7, 11) is 0. The molecule has 1 aliphatic rings. The summed E-state index contributed by atoms with van der Waals surface area (Å²) in [5.74, 6) is 0. The molecule has 130 valence electrons. The number of aliphatic hydroxyl groups is 1. The zero-order chi connectivity index (χ0) is 16.9. The first-order valence-electron chi connectivity index (χ1n) is 8.83. The van der Waals surface area contributed by atoms with Crippen molar-refractivity contribution in [3.8, 4) is 0 Å². The van der Waals surface area contributed by atoms with E-state index < -0.39 is 0 Å². The molecule has 3 nitrogen and oxygen atoms in total. The number of aryl methyl sites for hydroxylation is 2. The molecule has 1 aliphatic heterocycles. The summed E-state index contributed by atoms with van der Waals surface area (Å²) in [6, 6.07) is 13.5. The summed E-state index contributed by atoms with van der Waals surface area (Å²) in [6.45, 7) is 9.87. The van der Waals surface area contributed by atoms with Crippen molar-refractivity contribution in [1.29, 1.82) is 0 Å². The Morgan fingerprint density at radius 1 is 1.08 bits per heavy atom. The predicted octanol–water partition coefficient (Wildman–Crippen LogP) is 3.43. The Labute approximate surface area is 149 Å². The smallest absolute Gasteiger partial charge is 0.0446 e. The van der Waals surface area contributed by atoms with Crippen LogP contribution in [0.3, 0.4) is 0 Å². The summed E-state index contributed by atoms with van der Waals surface area (Å²) < 4.78 is 0. The molecule has 1 atom stereocenters. The van der Waals surface area contributed by atoms with Crippen LogP contribution in [0.2, 0.25) is 0 Å². The molecule has 0 saturated carbocycles. The molecule has 24 heavy (non-hydrogen) atoms. The molecule has 1 saturated heterocycles. The third-order valence-corrected chi connectivity index (χ3v) is 5.95. The first-order chi connectivity index (χ1) is 11.7. The van der Waals surface area contributed by atoms with Gasteiger partial charge < -0.3 is 5.11 Å². The molecule has 2 heterocycles. The summed E-state index contributed by atoms with van der Waals surface area (Å²) in [5, 5.41) is 9.49. The lowest BCUT2D eigenvalue weighted by Crippen LogP contribution is -2.52. The highest BCUT2D eigenvalue weighted by molar-refractivity contribution is 7.11. The van der Waals surface area contributed by atoms with E-state index in [0.717, 1.165) is 39.1 Å². The van der Waals surface area contributed by atoms with Gasteiger partial charge in [0.2, 0.25) is 0 Å². The monoisotopic (exact) mass is 344 g/mol. The molecule has 1 N–H and O–H groups in total. The number of hydrogen-bond acceptors (Lipinski definition) is 4. The van der Waals surface area contributed by atoms with Crippen LogP contribution in [0.5, 0.6) is 0 Å². The van der Waals surface area contributed by atoms with E-state index in [0.29, 0.717) is 6.04 Å². The van der Waals surface area contributed by atoms with E-state index in [9.17, 15) is 5.11 Å². The summed E-state index contributed by atoms with van der Waals surface area (Å²) in [6.07, 6.45) is 0.853. The van der Waals surface area contributed by atoms with Gasteiger partial charge in [-0.25, -0.2) is 0 Å². The molecule has 0 unspecified atom stereocenters. The Kier molecular flexibility index (Phi) is 6.06. The minimum atomic E-state index is 0.265. The van der Waals surface area contributed by atoms with Gasteiger partial charge in [-0.15, -0.1) is 11.3 Å². The predicted molar refractivity (Wildman–Crippen MR) is 101 cm³/mol. The summed E-state index contributed by atoms with van der Waals surface area (Å²) >= 11 is 1.90. The van der Waals surface area contributed by atoms with Gasteiger partial charge >= 0.3 is 0 Å². The molecule has 0 bridgehead atoms. The molecular weight excluding hydrogens is 316 g/mol. The van der Waals surface area contributed by atoms with Gasteiger partial charge in [0.1, 0.15) is 0 Å². The van der Waals surface area contributed by atoms with E-state index in [2.05, 4.69) is 60.0 Å². The second-order valence-corrected chi connectivity index (χ2v) is 8.18. The lowest BCUT2D eigenvalue weighted by atomic mass is 10.0. The topological polar surface area (TPSA) is 26.7 Å². The molecule has 0 radical (unpaired) electrons. The molecule has 2 aromatic rings. The molecule has 3 rings (SSSR count). The molecule has 0 aliphatic carbocycles. The highest BCUT2D eigenvalue weighted by Gasteiger charge is 2.27. The van der Waals surface area contributed by atoms with E-state index in [4.69, 9.17) is 0 Å². The molecule has 1 aromatic heterocycles. The van der Waals surface area contributed by atoms with Gasteiger partial charge in [-0.05, 0) is 43.5 Å². The average molecular weight is 345 g/mol. The van der Waals surface area contributed by atoms with Crippen LogP contribution in [0.15, 0.2) is 36.4 Å². The first-order valence-corrected chi connectivity index (χ1v) is 9.64. The number of aliphatic hydroxyl groups excluding tert-OH is 1. The van der Waals surface area contributed by atoms with Gasteiger partial charge in [0.25, 0.3) is 0 Å². The van der Waals surface area contributed by atoms with Crippen LogP contribution in [0.4, 0.5) is 0 Å².